The zero-order valence-corrected chi connectivity index (χ0v) is 18.0. The van der Waals surface area contributed by atoms with Crippen LogP contribution in [0.25, 0.3) is 0 Å². The smallest absolute Gasteiger partial charge is 0.276 e. The molecule has 28 heavy (non-hydrogen) atoms. The van der Waals surface area contributed by atoms with Gasteiger partial charge in [-0.2, -0.15) is 5.10 Å². The number of sulfone groups is 1. The molecule has 0 bridgehead atoms. The van der Waals surface area contributed by atoms with E-state index in [0.717, 1.165) is 5.69 Å². The van der Waals surface area contributed by atoms with Crippen molar-refractivity contribution in [2.75, 3.05) is 16.8 Å². The van der Waals surface area contributed by atoms with Crippen LogP contribution in [0.15, 0.2) is 30.3 Å². The first-order chi connectivity index (χ1) is 13.0. The number of rotatable bonds is 4. The van der Waals surface area contributed by atoms with E-state index in [1.54, 1.807) is 10.7 Å². The lowest BCUT2D eigenvalue weighted by atomic mass is 9.87. The van der Waals surface area contributed by atoms with Crippen LogP contribution in [0.4, 0.5) is 5.69 Å². The molecule has 7 heteroatoms. The lowest BCUT2D eigenvalue weighted by molar-refractivity contribution is 0.102. The van der Waals surface area contributed by atoms with E-state index in [0.29, 0.717) is 17.8 Å². The summed E-state index contributed by atoms with van der Waals surface area (Å²) in [4.78, 5) is 12.7. The number of benzene rings is 1. The van der Waals surface area contributed by atoms with E-state index in [-0.39, 0.29) is 34.8 Å². The minimum absolute atomic E-state index is 0.0507. The van der Waals surface area contributed by atoms with E-state index in [2.05, 4.69) is 31.2 Å². The first-order valence-electron chi connectivity index (χ1n) is 9.68. The van der Waals surface area contributed by atoms with E-state index in [9.17, 15) is 13.2 Å². The zero-order valence-electron chi connectivity index (χ0n) is 17.2. The van der Waals surface area contributed by atoms with Gasteiger partial charge in [0.25, 0.3) is 5.91 Å². The van der Waals surface area contributed by atoms with Crippen molar-refractivity contribution in [1.29, 1.82) is 0 Å². The summed E-state index contributed by atoms with van der Waals surface area (Å²) in [6.07, 6.45) is 0.541. The fourth-order valence-corrected chi connectivity index (χ4v) is 5.15. The molecule has 1 aliphatic rings. The Bertz CT molecular complexity index is 967. The maximum absolute atomic E-state index is 12.7. The Balaban J connectivity index is 1.81. The molecule has 0 radical (unpaired) electrons. The molecular formula is C21H29N3O3S. The van der Waals surface area contributed by atoms with Crippen LogP contribution in [0.5, 0.6) is 0 Å². The molecule has 2 aromatic rings. The fourth-order valence-electron chi connectivity index (χ4n) is 3.46. The summed E-state index contributed by atoms with van der Waals surface area (Å²) >= 11 is 0. The van der Waals surface area contributed by atoms with Crippen molar-refractivity contribution < 1.29 is 13.2 Å². The van der Waals surface area contributed by atoms with Crippen molar-refractivity contribution in [1.82, 2.24) is 9.78 Å². The third kappa shape index (κ3) is 4.46. The Morgan fingerprint density at radius 1 is 1.21 bits per heavy atom. The van der Waals surface area contributed by atoms with Crippen LogP contribution in [0, 0.1) is 0 Å². The van der Waals surface area contributed by atoms with Gasteiger partial charge in [-0.25, -0.2) is 8.42 Å². The van der Waals surface area contributed by atoms with Gasteiger partial charge in [-0.05, 0) is 41.5 Å². The summed E-state index contributed by atoms with van der Waals surface area (Å²) < 4.78 is 25.5. The first-order valence-corrected chi connectivity index (χ1v) is 11.5. The Hall–Kier alpha value is -2.15. The number of carbonyl (C=O) groups is 1. The van der Waals surface area contributed by atoms with Gasteiger partial charge in [-0.1, -0.05) is 46.8 Å². The molecule has 1 N–H and O–H groups in total. The molecule has 1 saturated heterocycles. The molecule has 1 aliphatic heterocycles. The zero-order chi connectivity index (χ0) is 20.7. The number of aromatic nitrogens is 2. The van der Waals surface area contributed by atoms with Crippen LogP contribution in [0.3, 0.4) is 0 Å². The average molecular weight is 404 g/mol. The van der Waals surface area contributed by atoms with Crippen LogP contribution in [-0.2, 0) is 15.3 Å². The van der Waals surface area contributed by atoms with Gasteiger partial charge in [0.15, 0.2) is 15.5 Å². The van der Waals surface area contributed by atoms with E-state index in [1.165, 1.54) is 5.56 Å². The van der Waals surface area contributed by atoms with Crippen LogP contribution < -0.4 is 5.32 Å². The summed E-state index contributed by atoms with van der Waals surface area (Å²) in [5.41, 5.74) is 3.15. The maximum atomic E-state index is 12.7. The summed E-state index contributed by atoms with van der Waals surface area (Å²) in [5.74, 6) is 0.119. The van der Waals surface area contributed by atoms with E-state index >= 15 is 0 Å². The Labute approximate surface area is 167 Å². The molecule has 0 saturated carbocycles. The number of nitrogens with one attached hydrogen (secondary N) is 1. The molecule has 2 heterocycles. The Morgan fingerprint density at radius 2 is 1.86 bits per heavy atom. The number of hydrogen-bond acceptors (Lipinski definition) is 4. The molecule has 3 rings (SSSR count). The second kappa shape index (κ2) is 7.35. The molecule has 6 nitrogen and oxygen atoms in total. The lowest BCUT2D eigenvalue weighted by Gasteiger charge is -2.19. The largest absolute Gasteiger partial charge is 0.321 e. The van der Waals surface area contributed by atoms with Crippen molar-refractivity contribution in [3.05, 3.63) is 47.3 Å². The molecule has 1 fully saturated rings. The highest BCUT2D eigenvalue weighted by molar-refractivity contribution is 7.91. The SMILES string of the molecule is CC(C)c1cc(C(=O)Nc2ccc(C(C)(C)C)cc2)nn1[C@@H]1CCS(=O)(=O)C1. The number of carbonyl (C=O) groups excluding carboxylic acids is 1. The van der Waals surface area contributed by atoms with E-state index in [1.807, 2.05) is 38.1 Å². The second-order valence-corrected chi connectivity index (χ2v) is 11.1. The highest BCUT2D eigenvalue weighted by atomic mass is 32.2. The predicted octanol–water partition coefficient (Wildman–Crippen LogP) is 3.92. The summed E-state index contributed by atoms with van der Waals surface area (Å²) in [6.45, 7) is 10.5. The standard InChI is InChI=1S/C21H29N3O3S/c1-14(2)19-12-18(23-24(19)17-10-11-28(26,27)13-17)20(25)22-16-8-6-15(7-9-16)21(3,4)5/h6-9,12,14,17H,10-11,13H2,1-5H3,(H,22,25)/t17-/m1/s1. The molecule has 1 amide bonds. The predicted molar refractivity (Wildman–Crippen MR) is 112 cm³/mol. The number of anilines is 1. The van der Waals surface area contributed by atoms with Crippen LogP contribution in [-0.4, -0.2) is 35.6 Å². The van der Waals surface area contributed by atoms with Crippen LogP contribution >= 0.6 is 0 Å². The topological polar surface area (TPSA) is 81.1 Å². The highest BCUT2D eigenvalue weighted by Crippen LogP contribution is 2.28. The van der Waals surface area contributed by atoms with E-state index < -0.39 is 9.84 Å². The van der Waals surface area contributed by atoms with Crippen LogP contribution in [0.2, 0.25) is 0 Å². The normalized spacial score (nSPS) is 19.1. The molecule has 0 unspecified atom stereocenters. The second-order valence-electron chi connectivity index (χ2n) is 8.89. The average Bonchev–Trinajstić information content (AvgIpc) is 3.18. The van der Waals surface area contributed by atoms with Gasteiger partial charge in [-0.15, -0.1) is 0 Å². The quantitative estimate of drug-likeness (QED) is 0.839. The molecule has 0 aliphatic carbocycles. The van der Waals surface area contributed by atoms with Gasteiger partial charge < -0.3 is 5.32 Å². The molecular weight excluding hydrogens is 374 g/mol. The minimum Gasteiger partial charge on any atom is -0.321 e. The molecule has 1 aromatic heterocycles. The molecule has 1 aromatic carbocycles. The summed E-state index contributed by atoms with van der Waals surface area (Å²) in [7, 11) is -3.02. The van der Waals surface area contributed by atoms with Gasteiger partial charge in [0.05, 0.1) is 17.5 Å². The van der Waals surface area contributed by atoms with Crippen molar-refractivity contribution in [3.8, 4) is 0 Å². The van der Waals surface area contributed by atoms with E-state index in [4.69, 9.17) is 0 Å². The molecule has 0 spiro atoms. The number of amides is 1. The fraction of sp³-hybridized carbons (Fsp3) is 0.524. The van der Waals surface area contributed by atoms with Crippen LogP contribution in [0.1, 0.15) is 74.7 Å². The number of hydrogen-bond donors (Lipinski definition) is 1. The van der Waals surface area contributed by atoms with Crippen molar-refractivity contribution in [3.63, 3.8) is 0 Å². The number of nitrogens with zero attached hydrogens (tertiary/aromatic N) is 2. The molecule has 1 atom stereocenters. The maximum Gasteiger partial charge on any atom is 0.276 e. The van der Waals surface area contributed by atoms with Gasteiger partial charge >= 0.3 is 0 Å². The van der Waals surface area contributed by atoms with Crippen molar-refractivity contribution in [2.24, 2.45) is 0 Å². The Kier molecular flexibility index (Phi) is 5.40. The van der Waals surface area contributed by atoms with Crippen molar-refractivity contribution >= 4 is 21.4 Å². The highest BCUT2D eigenvalue weighted by Gasteiger charge is 2.32. The monoisotopic (exact) mass is 403 g/mol. The van der Waals surface area contributed by atoms with Gasteiger partial charge in [0, 0.05) is 11.4 Å². The first kappa shape index (κ1) is 20.6. The summed E-state index contributed by atoms with van der Waals surface area (Å²) in [5, 5.41) is 7.36. The minimum atomic E-state index is -3.02. The summed E-state index contributed by atoms with van der Waals surface area (Å²) in [6, 6.07) is 9.38. The third-order valence-corrected chi connectivity index (χ3v) is 6.90. The van der Waals surface area contributed by atoms with Gasteiger partial charge in [0.2, 0.25) is 0 Å². The van der Waals surface area contributed by atoms with Gasteiger partial charge in [0.1, 0.15) is 0 Å². The van der Waals surface area contributed by atoms with Crippen molar-refractivity contribution in [2.45, 2.75) is 58.4 Å². The lowest BCUT2D eigenvalue weighted by Crippen LogP contribution is -2.17. The molecule has 152 valence electrons. The Morgan fingerprint density at radius 3 is 2.36 bits per heavy atom. The third-order valence-electron chi connectivity index (χ3n) is 5.15. The van der Waals surface area contributed by atoms with Gasteiger partial charge in [-0.3, -0.25) is 9.48 Å².